The second-order valence-corrected chi connectivity index (χ2v) is 6.25. The molecule has 2 heterocycles. The number of carbonyl (C=O) groups excluding carboxylic acids is 1. The summed E-state index contributed by atoms with van der Waals surface area (Å²) in [5.74, 6) is 1.03. The Bertz CT molecular complexity index is 844. The van der Waals surface area contributed by atoms with Crippen LogP contribution in [0.4, 0.5) is 0 Å². The van der Waals surface area contributed by atoms with Crippen molar-refractivity contribution in [3.05, 3.63) is 51.8 Å². The molecule has 0 saturated carbocycles. The van der Waals surface area contributed by atoms with Gasteiger partial charge in [0.1, 0.15) is 17.2 Å². The number of hydrogen-bond acceptors (Lipinski definition) is 3. The van der Waals surface area contributed by atoms with Crippen LogP contribution in [-0.4, -0.2) is 34.9 Å². The van der Waals surface area contributed by atoms with Crippen LogP contribution in [0.1, 0.15) is 5.76 Å². The van der Waals surface area contributed by atoms with E-state index in [2.05, 4.69) is 0 Å². The minimum absolute atomic E-state index is 0.162. The number of benzene rings is 1. The minimum atomic E-state index is -0.162. The number of halogens is 2. The molecule has 0 unspecified atom stereocenters. The highest BCUT2D eigenvalue weighted by molar-refractivity contribution is 7.80. The molecule has 0 atom stereocenters. The molecule has 1 aliphatic heterocycles. The van der Waals surface area contributed by atoms with Crippen LogP contribution in [0.5, 0.6) is 0 Å². The van der Waals surface area contributed by atoms with Gasteiger partial charge in [-0.25, -0.2) is 0 Å². The van der Waals surface area contributed by atoms with E-state index in [4.69, 9.17) is 39.8 Å². The molecule has 0 radical (unpaired) electrons. The number of carbonyl (C=O) groups is 1. The summed E-state index contributed by atoms with van der Waals surface area (Å²) in [5.41, 5.74) is 1.27. The topological polar surface area (TPSA) is 36.7 Å². The third-order valence-corrected chi connectivity index (χ3v) is 4.86. The van der Waals surface area contributed by atoms with Crippen molar-refractivity contribution in [3.63, 3.8) is 0 Å². The number of nitrogens with zero attached hydrogens (tertiary/aromatic N) is 2. The summed E-state index contributed by atoms with van der Waals surface area (Å²) in [4.78, 5) is 15.2. The van der Waals surface area contributed by atoms with E-state index in [9.17, 15) is 4.79 Å². The number of rotatable bonds is 2. The summed E-state index contributed by atoms with van der Waals surface area (Å²) in [7, 11) is 3.39. The number of hydrogen-bond donors (Lipinski definition) is 0. The molecular formula is C16H12Cl2N2O2S. The molecule has 1 aromatic heterocycles. The first-order chi connectivity index (χ1) is 10.9. The molecular weight excluding hydrogens is 355 g/mol. The molecule has 7 heteroatoms. The van der Waals surface area contributed by atoms with E-state index in [0.29, 0.717) is 32.4 Å². The van der Waals surface area contributed by atoms with E-state index in [-0.39, 0.29) is 5.91 Å². The highest BCUT2D eigenvalue weighted by atomic mass is 35.5. The standard InChI is InChI=1S/C16H12Cl2N2O2S/c1-19-13(15(21)20(2)16(19)23)8-10-4-6-14(22-10)9-3-5-11(17)12(18)7-9/h3-8H,1-2H3. The summed E-state index contributed by atoms with van der Waals surface area (Å²) >= 11 is 17.1. The fourth-order valence-electron chi connectivity index (χ4n) is 2.26. The van der Waals surface area contributed by atoms with Crippen LogP contribution in [0.3, 0.4) is 0 Å². The quantitative estimate of drug-likeness (QED) is 0.586. The number of amides is 1. The summed E-state index contributed by atoms with van der Waals surface area (Å²) in [6, 6.07) is 8.86. The van der Waals surface area contributed by atoms with Gasteiger partial charge in [0.2, 0.25) is 0 Å². The van der Waals surface area contributed by atoms with Crippen LogP contribution >= 0.6 is 35.4 Å². The van der Waals surface area contributed by atoms with Gasteiger partial charge in [0.05, 0.1) is 10.0 Å². The molecule has 1 aromatic carbocycles. The Morgan fingerprint density at radius 2 is 1.83 bits per heavy atom. The third kappa shape index (κ3) is 2.87. The van der Waals surface area contributed by atoms with Crippen LogP contribution in [0.25, 0.3) is 17.4 Å². The third-order valence-electron chi connectivity index (χ3n) is 3.57. The van der Waals surface area contributed by atoms with Crippen LogP contribution < -0.4 is 0 Å². The van der Waals surface area contributed by atoms with Gasteiger partial charge < -0.3 is 9.32 Å². The van der Waals surface area contributed by atoms with E-state index in [1.165, 1.54) is 4.90 Å². The lowest BCUT2D eigenvalue weighted by atomic mass is 10.2. The molecule has 1 saturated heterocycles. The fourth-order valence-corrected chi connectivity index (χ4v) is 2.74. The van der Waals surface area contributed by atoms with E-state index in [1.54, 1.807) is 43.3 Å². The van der Waals surface area contributed by atoms with Gasteiger partial charge in [-0.1, -0.05) is 23.2 Å². The Morgan fingerprint density at radius 3 is 2.43 bits per heavy atom. The maximum Gasteiger partial charge on any atom is 0.276 e. The van der Waals surface area contributed by atoms with Crippen LogP contribution in [0.15, 0.2) is 40.4 Å². The van der Waals surface area contributed by atoms with Crippen LogP contribution in [0, 0.1) is 0 Å². The second kappa shape index (κ2) is 6.00. The van der Waals surface area contributed by atoms with Gasteiger partial charge in [0, 0.05) is 25.7 Å². The Kier molecular flexibility index (Phi) is 4.19. The monoisotopic (exact) mass is 366 g/mol. The van der Waals surface area contributed by atoms with Crippen molar-refractivity contribution in [3.8, 4) is 11.3 Å². The number of thiocarbonyl (C=S) groups is 1. The smallest absolute Gasteiger partial charge is 0.276 e. The van der Waals surface area contributed by atoms with Gasteiger partial charge in [0.15, 0.2) is 5.11 Å². The zero-order valence-electron chi connectivity index (χ0n) is 12.3. The Hall–Kier alpha value is -1.82. The average molecular weight is 367 g/mol. The molecule has 4 nitrogen and oxygen atoms in total. The maximum absolute atomic E-state index is 12.1. The second-order valence-electron chi connectivity index (χ2n) is 5.07. The van der Waals surface area contributed by atoms with Crippen LogP contribution in [0.2, 0.25) is 10.0 Å². The minimum Gasteiger partial charge on any atom is -0.457 e. The van der Waals surface area contributed by atoms with Gasteiger partial charge in [0.25, 0.3) is 5.91 Å². The average Bonchev–Trinajstić information content (AvgIpc) is 3.06. The molecule has 0 N–H and O–H groups in total. The zero-order chi connectivity index (χ0) is 16.7. The van der Waals surface area contributed by atoms with Crippen molar-refractivity contribution in [2.45, 2.75) is 0 Å². The maximum atomic E-state index is 12.1. The van der Waals surface area contributed by atoms with Gasteiger partial charge in [-0.3, -0.25) is 9.69 Å². The van der Waals surface area contributed by atoms with Gasteiger partial charge in [-0.15, -0.1) is 0 Å². The molecule has 23 heavy (non-hydrogen) atoms. The number of likely N-dealkylation sites (N-methyl/N-ethyl adjacent to an activating group) is 2. The van der Waals surface area contributed by atoms with Crippen molar-refractivity contribution < 1.29 is 9.21 Å². The van der Waals surface area contributed by atoms with E-state index < -0.39 is 0 Å². The predicted octanol–water partition coefficient (Wildman–Crippen LogP) is 4.28. The molecule has 1 amide bonds. The molecule has 0 spiro atoms. The Balaban J connectivity index is 1.93. The molecule has 0 aliphatic carbocycles. The summed E-state index contributed by atoms with van der Waals surface area (Å²) in [6.07, 6.45) is 1.67. The molecule has 1 aliphatic rings. The molecule has 118 valence electrons. The SMILES string of the molecule is CN1C(=O)C(=Cc2ccc(-c3ccc(Cl)c(Cl)c3)o2)N(C)C1=S. The van der Waals surface area contributed by atoms with Gasteiger partial charge >= 0.3 is 0 Å². The highest BCUT2D eigenvalue weighted by Crippen LogP contribution is 2.30. The zero-order valence-corrected chi connectivity index (χ0v) is 14.7. The first kappa shape index (κ1) is 16.1. The lowest BCUT2D eigenvalue weighted by molar-refractivity contribution is -0.121. The normalized spacial score (nSPS) is 16.8. The summed E-state index contributed by atoms with van der Waals surface area (Å²) < 4.78 is 5.77. The lowest BCUT2D eigenvalue weighted by Crippen LogP contribution is -2.26. The molecule has 1 fully saturated rings. The fraction of sp³-hybridized carbons (Fsp3) is 0.125. The van der Waals surface area contributed by atoms with E-state index in [0.717, 1.165) is 5.56 Å². The largest absolute Gasteiger partial charge is 0.457 e. The lowest BCUT2D eigenvalue weighted by Gasteiger charge is -2.10. The highest BCUT2D eigenvalue weighted by Gasteiger charge is 2.32. The first-order valence-electron chi connectivity index (χ1n) is 6.71. The van der Waals surface area contributed by atoms with Crippen molar-refractivity contribution in [2.24, 2.45) is 0 Å². The Morgan fingerprint density at radius 1 is 1.09 bits per heavy atom. The van der Waals surface area contributed by atoms with E-state index in [1.807, 2.05) is 12.1 Å². The predicted molar refractivity (Wildman–Crippen MR) is 95.3 cm³/mol. The van der Waals surface area contributed by atoms with Crippen LogP contribution in [-0.2, 0) is 4.79 Å². The molecule has 2 aromatic rings. The summed E-state index contributed by atoms with van der Waals surface area (Å²) in [6.45, 7) is 0. The molecule has 3 rings (SSSR count). The van der Waals surface area contributed by atoms with E-state index >= 15 is 0 Å². The first-order valence-corrected chi connectivity index (χ1v) is 7.87. The van der Waals surface area contributed by atoms with Gasteiger partial charge in [-0.05, 0) is 42.5 Å². The summed E-state index contributed by atoms with van der Waals surface area (Å²) in [5, 5.41) is 1.40. The van der Waals surface area contributed by atoms with Crippen molar-refractivity contribution in [1.82, 2.24) is 9.80 Å². The van der Waals surface area contributed by atoms with Crippen molar-refractivity contribution in [2.75, 3.05) is 14.1 Å². The van der Waals surface area contributed by atoms with Crippen molar-refractivity contribution >= 4 is 52.5 Å². The molecule has 0 bridgehead atoms. The number of furan rings is 1. The van der Waals surface area contributed by atoms with Crippen molar-refractivity contribution in [1.29, 1.82) is 0 Å². The van der Waals surface area contributed by atoms with Gasteiger partial charge in [-0.2, -0.15) is 0 Å². The Labute approximate surface area is 148 Å².